The van der Waals surface area contributed by atoms with Crippen molar-refractivity contribution in [2.45, 2.75) is 52.1 Å². The molecule has 7 nitrogen and oxygen atoms in total. The number of nitrogens with one attached hydrogen (secondary N) is 1. The number of carbonyl (C=O) groups excluding carboxylic acids is 2. The monoisotopic (exact) mass is 329 g/mol. The van der Waals surface area contributed by atoms with E-state index >= 15 is 0 Å². The van der Waals surface area contributed by atoms with Crippen LogP contribution in [0.5, 0.6) is 0 Å². The summed E-state index contributed by atoms with van der Waals surface area (Å²) in [4.78, 5) is 24.2. The largest absolute Gasteiger partial charge is 0.348 e. The van der Waals surface area contributed by atoms with Crippen molar-refractivity contribution in [3.05, 3.63) is 0 Å². The van der Waals surface area contributed by atoms with Crippen molar-refractivity contribution in [3.63, 3.8) is 0 Å². The van der Waals surface area contributed by atoms with Gasteiger partial charge in [-0.05, 0) is 19.3 Å². The lowest BCUT2D eigenvalue weighted by Crippen LogP contribution is -2.46. The average Bonchev–Trinajstić information content (AvgIpc) is 2.79. The second-order valence-corrected chi connectivity index (χ2v) is 8.58. The molecule has 0 bridgehead atoms. The fourth-order valence-electron chi connectivity index (χ4n) is 2.44. The minimum absolute atomic E-state index is 0.00753. The van der Waals surface area contributed by atoms with E-state index in [0.29, 0.717) is 24.5 Å². The highest BCUT2D eigenvalue weighted by Gasteiger charge is 2.37. The third kappa shape index (κ3) is 3.85. The third-order valence-electron chi connectivity index (χ3n) is 4.23. The SMILES string of the molecule is CC(C)C(C)NC(=O)C1=NN(C2CCS(=O)(=O)C2)C(=O)CC1. The summed E-state index contributed by atoms with van der Waals surface area (Å²) >= 11 is 0. The van der Waals surface area contributed by atoms with Gasteiger partial charge in [-0.3, -0.25) is 9.59 Å². The standard InChI is InChI=1S/C14H23N3O4S/c1-9(2)10(3)15-14(19)12-4-5-13(18)17(16-12)11-6-7-22(20,21)8-11/h9-11H,4-8H2,1-3H3,(H,15,19). The van der Waals surface area contributed by atoms with Crippen molar-refractivity contribution in [1.82, 2.24) is 10.3 Å². The molecule has 2 heterocycles. The van der Waals surface area contributed by atoms with Crippen LogP contribution in [0, 0.1) is 5.92 Å². The maximum Gasteiger partial charge on any atom is 0.267 e. The number of hydrogen-bond donors (Lipinski definition) is 1. The molecule has 22 heavy (non-hydrogen) atoms. The highest BCUT2D eigenvalue weighted by molar-refractivity contribution is 7.91. The van der Waals surface area contributed by atoms with Crippen LogP contribution in [0.4, 0.5) is 0 Å². The summed E-state index contributed by atoms with van der Waals surface area (Å²) in [6.07, 6.45) is 0.874. The van der Waals surface area contributed by atoms with E-state index in [4.69, 9.17) is 0 Å². The van der Waals surface area contributed by atoms with Gasteiger partial charge >= 0.3 is 0 Å². The van der Waals surface area contributed by atoms with Crippen molar-refractivity contribution in [1.29, 1.82) is 0 Å². The minimum atomic E-state index is -3.10. The summed E-state index contributed by atoms with van der Waals surface area (Å²) in [7, 11) is -3.10. The van der Waals surface area contributed by atoms with Gasteiger partial charge in [0.1, 0.15) is 5.71 Å². The van der Waals surface area contributed by atoms with E-state index in [0.717, 1.165) is 0 Å². The van der Waals surface area contributed by atoms with Crippen LogP contribution in [-0.4, -0.2) is 54.5 Å². The van der Waals surface area contributed by atoms with Crippen molar-refractivity contribution in [2.75, 3.05) is 11.5 Å². The number of sulfone groups is 1. The van der Waals surface area contributed by atoms with Gasteiger partial charge < -0.3 is 5.32 Å². The zero-order chi connectivity index (χ0) is 16.5. The van der Waals surface area contributed by atoms with Crippen LogP contribution in [0.3, 0.4) is 0 Å². The minimum Gasteiger partial charge on any atom is -0.348 e. The van der Waals surface area contributed by atoms with Crippen LogP contribution >= 0.6 is 0 Å². The molecule has 8 heteroatoms. The third-order valence-corrected chi connectivity index (χ3v) is 5.99. The van der Waals surface area contributed by atoms with Gasteiger partial charge in [-0.25, -0.2) is 13.4 Å². The molecule has 0 aliphatic carbocycles. The van der Waals surface area contributed by atoms with Gasteiger partial charge in [0.2, 0.25) is 5.91 Å². The van der Waals surface area contributed by atoms with Crippen molar-refractivity contribution in [2.24, 2.45) is 11.0 Å². The fourth-order valence-corrected chi connectivity index (χ4v) is 4.14. The molecule has 1 N–H and O–H groups in total. The summed E-state index contributed by atoms with van der Waals surface area (Å²) in [6, 6.07) is -0.434. The Morgan fingerprint density at radius 2 is 2.00 bits per heavy atom. The maximum absolute atomic E-state index is 12.2. The zero-order valence-corrected chi connectivity index (χ0v) is 14.0. The molecule has 2 amide bonds. The summed E-state index contributed by atoms with van der Waals surface area (Å²) in [5.41, 5.74) is 0.302. The normalized spacial score (nSPS) is 26.0. The van der Waals surface area contributed by atoms with Gasteiger partial charge in [0.05, 0.1) is 17.5 Å². The Morgan fingerprint density at radius 3 is 2.55 bits per heavy atom. The molecule has 2 unspecified atom stereocenters. The Kier molecular flexibility index (Phi) is 4.89. The molecule has 2 aliphatic heterocycles. The van der Waals surface area contributed by atoms with Crippen LogP contribution in [0.2, 0.25) is 0 Å². The zero-order valence-electron chi connectivity index (χ0n) is 13.2. The van der Waals surface area contributed by atoms with Gasteiger partial charge in [-0.2, -0.15) is 5.10 Å². The van der Waals surface area contributed by atoms with Crippen LogP contribution in [0.25, 0.3) is 0 Å². The van der Waals surface area contributed by atoms with E-state index in [1.165, 1.54) is 5.01 Å². The number of amides is 2. The van der Waals surface area contributed by atoms with Gasteiger partial charge in [-0.15, -0.1) is 0 Å². The Morgan fingerprint density at radius 1 is 1.32 bits per heavy atom. The fraction of sp³-hybridized carbons (Fsp3) is 0.786. The Labute approximate surface area is 131 Å². The Balaban J connectivity index is 2.11. The molecule has 124 valence electrons. The molecule has 1 fully saturated rings. The van der Waals surface area contributed by atoms with Crippen molar-refractivity contribution >= 4 is 27.4 Å². The van der Waals surface area contributed by atoms with Gasteiger partial charge in [0, 0.05) is 18.9 Å². The number of nitrogens with zero attached hydrogens (tertiary/aromatic N) is 2. The predicted octanol–water partition coefficient (Wildman–Crippen LogP) is 0.313. The van der Waals surface area contributed by atoms with Crippen LogP contribution < -0.4 is 5.32 Å². The quantitative estimate of drug-likeness (QED) is 0.803. The number of carbonyl (C=O) groups is 2. The van der Waals surface area contributed by atoms with Crippen LogP contribution in [0.1, 0.15) is 40.0 Å². The lowest BCUT2D eigenvalue weighted by atomic mass is 10.1. The second-order valence-electron chi connectivity index (χ2n) is 6.35. The van der Waals surface area contributed by atoms with E-state index in [9.17, 15) is 18.0 Å². The van der Waals surface area contributed by atoms with Crippen molar-refractivity contribution in [3.8, 4) is 0 Å². The first kappa shape index (κ1) is 16.9. The summed E-state index contributed by atoms with van der Waals surface area (Å²) < 4.78 is 23.1. The van der Waals surface area contributed by atoms with Gasteiger partial charge in [-0.1, -0.05) is 13.8 Å². The van der Waals surface area contributed by atoms with Crippen molar-refractivity contribution < 1.29 is 18.0 Å². The molecule has 2 aliphatic rings. The molecule has 0 aromatic rings. The smallest absolute Gasteiger partial charge is 0.267 e. The van der Waals surface area contributed by atoms with Crippen LogP contribution in [-0.2, 0) is 19.4 Å². The molecule has 0 aromatic heterocycles. The Bertz CT molecular complexity index is 597. The topological polar surface area (TPSA) is 95.9 Å². The Hall–Kier alpha value is -1.44. The molecule has 0 saturated carbocycles. The van der Waals surface area contributed by atoms with E-state index in [1.807, 2.05) is 20.8 Å². The predicted molar refractivity (Wildman–Crippen MR) is 83.0 cm³/mol. The maximum atomic E-state index is 12.2. The van der Waals surface area contributed by atoms with E-state index in [1.54, 1.807) is 0 Å². The highest BCUT2D eigenvalue weighted by Crippen LogP contribution is 2.22. The molecule has 2 rings (SSSR count). The van der Waals surface area contributed by atoms with E-state index in [-0.39, 0.29) is 35.8 Å². The average molecular weight is 329 g/mol. The summed E-state index contributed by atoms with van der Waals surface area (Å²) in [5.74, 6) is -0.191. The lowest BCUT2D eigenvalue weighted by molar-refractivity contribution is -0.133. The second kappa shape index (κ2) is 6.36. The highest BCUT2D eigenvalue weighted by atomic mass is 32.2. The van der Waals surface area contributed by atoms with Crippen LogP contribution in [0.15, 0.2) is 5.10 Å². The first-order valence-corrected chi connectivity index (χ1v) is 9.42. The molecule has 0 radical (unpaired) electrons. The molecule has 0 aromatic carbocycles. The van der Waals surface area contributed by atoms with Gasteiger partial charge in [0.15, 0.2) is 9.84 Å². The number of hydrazone groups is 1. The lowest BCUT2D eigenvalue weighted by Gasteiger charge is -2.28. The molecule has 0 spiro atoms. The first-order chi connectivity index (χ1) is 10.2. The molecular formula is C14H23N3O4S. The molecule has 1 saturated heterocycles. The van der Waals surface area contributed by atoms with Gasteiger partial charge in [0.25, 0.3) is 5.91 Å². The molecule has 2 atom stereocenters. The number of rotatable bonds is 4. The van der Waals surface area contributed by atoms with E-state index in [2.05, 4.69) is 10.4 Å². The number of hydrogen-bond acceptors (Lipinski definition) is 5. The summed E-state index contributed by atoms with van der Waals surface area (Å²) in [6.45, 7) is 5.93. The molecular weight excluding hydrogens is 306 g/mol. The summed E-state index contributed by atoms with van der Waals surface area (Å²) in [5, 5.41) is 8.22. The van der Waals surface area contributed by atoms with E-state index < -0.39 is 15.9 Å². The first-order valence-electron chi connectivity index (χ1n) is 7.60.